The van der Waals surface area contributed by atoms with Crippen LogP contribution < -0.4 is 5.32 Å². The van der Waals surface area contributed by atoms with E-state index in [0.717, 1.165) is 23.8 Å². The molecule has 2 rings (SSSR count). The fourth-order valence-electron chi connectivity index (χ4n) is 3.82. The van der Waals surface area contributed by atoms with Gasteiger partial charge in [-0.25, -0.2) is 0 Å². The van der Waals surface area contributed by atoms with Gasteiger partial charge in [0.05, 0.1) is 0 Å². The topological polar surface area (TPSA) is 12.0 Å². The van der Waals surface area contributed by atoms with Crippen LogP contribution in [0, 0.1) is 17.8 Å². The van der Waals surface area contributed by atoms with Crippen LogP contribution in [0.2, 0.25) is 0 Å². The lowest BCUT2D eigenvalue weighted by Crippen LogP contribution is -2.43. The van der Waals surface area contributed by atoms with E-state index in [0.29, 0.717) is 0 Å². The molecule has 0 aromatic carbocycles. The normalized spacial score (nSPS) is 32.9. The average Bonchev–Trinajstić information content (AvgIpc) is 2.82. The van der Waals surface area contributed by atoms with Gasteiger partial charge in [0.2, 0.25) is 0 Å². The number of allylic oxidation sites excluding steroid dienone is 1. The molecule has 0 amide bonds. The van der Waals surface area contributed by atoms with Crippen LogP contribution in [0.1, 0.15) is 65.7 Å². The largest absolute Gasteiger partial charge is 0.313 e. The third kappa shape index (κ3) is 3.85. The third-order valence-electron chi connectivity index (χ3n) is 5.01. The monoisotopic (exact) mass is 249 g/mol. The van der Waals surface area contributed by atoms with E-state index >= 15 is 0 Å². The molecule has 0 aromatic heterocycles. The zero-order valence-electron chi connectivity index (χ0n) is 12.5. The first kappa shape index (κ1) is 14.1. The molecule has 1 fully saturated rings. The standard InChI is InChI=1S/C17H31N/c1-13(2)16-9-8-14(3)12-17(16)18-11-10-15-6-4-5-7-15/h6,13-14,16-18H,4-5,7-12H2,1-3H3. The maximum Gasteiger partial charge on any atom is 0.0100 e. The highest BCUT2D eigenvalue weighted by atomic mass is 14.9. The van der Waals surface area contributed by atoms with E-state index in [2.05, 4.69) is 32.2 Å². The van der Waals surface area contributed by atoms with Gasteiger partial charge >= 0.3 is 0 Å². The van der Waals surface area contributed by atoms with Crippen LogP contribution in [-0.2, 0) is 0 Å². The predicted molar refractivity (Wildman–Crippen MR) is 79.7 cm³/mol. The Morgan fingerprint density at radius 2 is 2.17 bits per heavy atom. The molecule has 18 heavy (non-hydrogen) atoms. The smallest absolute Gasteiger partial charge is 0.0100 e. The number of rotatable bonds is 5. The van der Waals surface area contributed by atoms with Gasteiger partial charge in [0.1, 0.15) is 0 Å². The number of hydrogen-bond donors (Lipinski definition) is 1. The maximum absolute atomic E-state index is 3.87. The molecule has 0 saturated heterocycles. The molecule has 0 aromatic rings. The van der Waals surface area contributed by atoms with E-state index in [4.69, 9.17) is 0 Å². The van der Waals surface area contributed by atoms with E-state index in [-0.39, 0.29) is 0 Å². The lowest BCUT2D eigenvalue weighted by atomic mass is 9.74. The Morgan fingerprint density at radius 3 is 2.83 bits per heavy atom. The Hall–Kier alpha value is -0.300. The third-order valence-corrected chi connectivity index (χ3v) is 5.01. The first-order valence-corrected chi connectivity index (χ1v) is 8.08. The van der Waals surface area contributed by atoms with Crippen molar-refractivity contribution in [3.05, 3.63) is 11.6 Å². The molecule has 0 spiro atoms. The van der Waals surface area contributed by atoms with Crippen molar-refractivity contribution in [3.8, 4) is 0 Å². The Labute approximate surface area is 113 Å². The van der Waals surface area contributed by atoms with E-state index in [1.54, 1.807) is 5.57 Å². The summed E-state index contributed by atoms with van der Waals surface area (Å²) in [7, 11) is 0. The van der Waals surface area contributed by atoms with Crippen molar-refractivity contribution in [1.29, 1.82) is 0 Å². The Morgan fingerprint density at radius 1 is 1.33 bits per heavy atom. The summed E-state index contributed by atoms with van der Waals surface area (Å²) in [5.74, 6) is 2.66. The quantitative estimate of drug-likeness (QED) is 0.706. The van der Waals surface area contributed by atoms with E-state index in [1.807, 2.05) is 0 Å². The van der Waals surface area contributed by atoms with Crippen LogP contribution in [0.5, 0.6) is 0 Å². The molecular weight excluding hydrogens is 218 g/mol. The lowest BCUT2D eigenvalue weighted by molar-refractivity contribution is 0.171. The predicted octanol–water partition coefficient (Wildman–Crippen LogP) is 4.54. The van der Waals surface area contributed by atoms with E-state index in [9.17, 15) is 0 Å². The zero-order chi connectivity index (χ0) is 13.0. The zero-order valence-corrected chi connectivity index (χ0v) is 12.5. The fraction of sp³-hybridized carbons (Fsp3) is 0.882. The molecule has 1 heteroatoms. The summed E-state index contributed by atoms with van der Waals surface area (Å²) in [5, 5.41) is 3.87. The molecule has 1 saturated carbocycles. The SMILES string of the molecule is CC1CCC(C(C)C)C(NCCC2=CCCC2)C1. The van der Waals surface area contributed by atoms with Crippen molar-refractivity contribution in [2.45, 2.75) is 71.8 Å². The van der Waals surface area contributed by atoms with Crippen molar-refractivity contribution < 1.29 is 0 Å². The molecule has 2 aliphatic rings. The summed E-state index contributed by atoms with van der Waals surface area (Å²) in [5.41, 5.74) is 1.70. The second kappa shape index (κ2) is 6.75. The van der Waals surface area contributed by atoms with Crippen molar-refractivity contribution in [3.63, 3.8) is 0 Å². The number of nitrogens with one attached hydrogen (secondary N) is 1. The number of hydrogen-bond acceptors (Lipinski definition) is 1. The van der Waals surface area contributed by atoms with Crippen LogP contribution in [0.25, 0.3) is 0 Å². The summed E-state index contributed by atoms with van der Waals surface area (Å²) in [6.45, 7) is 8.42. The van der Waals surface area contributed by atoms with Crippen molar-refractivity contribution in [1.82, 2.24) is 5.32 Å². The van der Waals surface area contributed by atoms with Gasteiger partial charge in [-0.2, -0.15) is 0 Å². The Bertz CT molecular complexity index is 279. The van der Waals surface area contributed by atoms with Crippen LogP contribution >= 0.6 is 0 Å². The molecule has 3 atom stereocenters. The van der Waals surface area contributed by atoms with Crippen LogP contribution in [-0.4, -0.2) is 12.6 Å². The molecule has 0 heterocycles. The van der Waals surface area contributed by atoms with Gasteiger partial charge in [0, 0.05) is 6.04 Å². The minimum Gasteiger partial charge on any atom is -0.313 e. The highest BCUT2D eigenvalue weighted by molar-refractivity contribution is 5.07. The summed E-state index contributed by atoms with van der Waals surface area (Å²) >= 11 is 0. The van der Waals surface area contributed by atoms with Crippen molar-refractivity contribution in [2.24, 2.45) is 17.8 Å². The Balaban J connectivity index is 1.77. The second-order valence-corrected chi connectivity index (χ2v) is 6.89. The Kier molecular flexibility index (Phi) is 5.29. The highest BCUT2D eigenvalue weighted by Crippen LogP contribution is 2.33. The summed E-state index contributed by atoms with van der Waals surface area (Å²) < 4.78 is 0. The average molecular weight is 249 g/mol. The first-order chi connectivity index (χ1) is 8.66. The molecule has 0 bridgehead atoms. The molecule has 3 unspecified atom stereocenters. The summed E-state index contributed by atoms with van der Waals surface area (Å²) in [6, 6.07) is 0.774. The molecule has 0 radical (unpaired) electrons. The maximum atomic E-state index is 3.87. The van der Waals surface area contributed by atoms with Gasteiger partial charge in [0.25, 0.3) is 0 Å². The van der Waals surface area contributed by atoms with Gasteiger partial charge < -0.3 is 5.32 Å². The molecule has 1 N–H and O–H groups in total. The summed E-state index contributed by atoms with van der Waals surface area (Å²) in [4.78, 5) is 0. The van der Waals surface area contributed by atoms with E-state index in [1.165, 1.54) is 51.5 Å². The van der Waals surface area contributed by atoms with Crippen LogP contribution in [0.3, 0.4) is 0 Å². The minimum atomic E-state index is 0.774. The van der Waals surface area contributed by atoms with Gasteiger partial charge in [-0.1, -0.05) is 38.8 Å². The van der Waals surface area contributed by atoms with Crippen molar-refractivity contribution >= 4 is 0 Å². The molecule has 2 aliphatic carbocycles. The van der Waals surface area contributed by atoms with Crippen LogP contribution in [0.15, 0.2) is 11.6 Å². The van der Waals surface area contributed by atoms with Crippen LogP contribution in [0.4, 0.5) is 0 Å². The first-order valence-electron chi connectivity index (χ1n) is 8.08. The lowest BCUT2D eigenvalue weighted by Gasteiger charge is -2.38. The van der Waals surface area contributed by atoms with Gasteiger partial charge in [0.15, 0.2) is 0 Å². The molecule has 104 valence electrons. The molecular formula is C17H31N. The van der Waals surface area contributed by atoms with E-state index < -0.39 is 0 Å². The van der Waals surface area contributed by atoms with Crippen molar-refractivity contribution in [2.75, 3.05) is 6.54 Å². The van der Waals surface area contributed by atoms with Gasteiger partial charge in [-0.3, -0.25) is 0 Å². The minimum absolute atomic E-state index is 0.774. The highest BCUT2D eigenvalue weighted by Gasteiger charge is 2.30. The van der Waals surface area contributed by atoms with Gasteiger partial charge in [-0.05, 0) is 62.8 Å². The fourth-order valence-corrected chi connectivity index (χ4v) is 3.82. The molecule has 0 aliphatic heterocycles. The molecule has 1 nitrogen and oxygen atoms in total. The van der Waals surface area contributed by atoms with Gasteiger partial charge in [-0.15, -0.1) is 0 Å². The summed E-state index contributed by atoms with van der Waals surface area (Å²) in [6.07, 6.45) is 12.1. The second-order valence-electron chi connectivity index (χ2n) is 6.89.